The predicted molar refractivity (Wildman–Crippen MR) is 73.7 cm³/mol. The number of carbonyl (C=O) groups is 1. The molecule has 1 aliphatic heterocycles. The van der Waals surface area contributed by atoms with Crippen LogP contribution in [0.1, 0.15) is 33.1 Å². The summed E-state index contributed by atoms with van der Waals surface area (Å²) in [5.41, 5.74) is 5.83. The number of hydrogen-bond acceptors (Lipinski definition) is 3. The van der Waals surface area contributed by atoms with Gasteiger partial charge in [0.05, 0.1) is 12.5 Å². The number of hydrogen-bond donors (Lipinski definition) is 1. The van der Waals surface area contributed by atoms with E-state index in [2.05, 4.69) is 4.90 Å². The zero-order valence-electron chi connectivity index (χ0n) is 11.3. The molecule has 0 bridgehead atoms. The van der Waals surface area contributed by atoms with Crippen molar-refractivity contribution in [2.45, 2.75) is 45.2 Å². The Morgan fingerprint density at radius 1 is 1.39 bits per heavy atom. The van der Waals surface area contributed by atoms with Crippen LogP contribution in [0.5, 0.6) is 0 Å². The van der Waals surface area contributed by atoms with Crippen LogP contribution in [0.4, 0.5) is 0 Å². The zero-order chi connectivity index (χ0) is 12.4. The monoisotopic (exact) mass is 276 g/mol. The van der Waals surface area contributed by atoms with Gasteiger partial charge in [0.1, 0.15) is 0 Å². The van der Waals surface area contributed by atoms with Crippen molar-refractivity contribution >= 4 is 18.3 Å². The standard InChI is InChI=1S/C13H24N2O2.ClH/c1-9(10(2)14)13(16)15(12-3-4-12)7-11-5-6-17-8-11;/h9-12H,3-8,14H2,1-2H3;1H. The second kappa shape index (κ2) is 6.73. The highest BCUT2D eigenvalue weighted by Gasteiger charge is 2.37. The van der Waals surface area contributed by atoms with Gasteiger partial charge in [-0.15, -0.1) is 12.4 Å². The molecule has 0 aromatic heterocycles. The summed E-state index contributed by atoms with van der Waals surface area (Å²) in [6.07, 6.45) is 3.40. The Morgan fingerprint density at radius 3 is 2.50 bits per heavy atom. The summed E-state index contributed by atoms with van der Waals surface area (Å²) in [6, 6.07) is 0.410. The normalized spacial score (nSPS) is 26.3. The number of nitrogens with zero attached hydrogens (tertiary/aromatic N) is 1. The van der Waals surface area contributed by atoms with Crippen LogP contribution in [0.3, 0.4) is 0 Å². The maximum absolute atomic E-state index is 12.4. The van der Waals surface area contributed by atoms with Crippen molar-refractivity contribution in [3.63, 3.8) is 0 Å². The fraction of sp³-hybridized carbons (Fsp3) is 0.923. The molecule has 2 N–H and O–H groups in total. The van der Waals surface area contributed by atoms with Crippen molar-refractivity contribution in [3.05, 3.63) is 0 Å². The Labute approximate surface area is 116 Å². The molecule has 3 unspecified atom stereocenters. The van der Waals surface area contributed by atoms with Gasteiger partial charge in [0, 0.05) is 31.2 Å². The highest BCUT2D eigenvalue weighted by atomic mass is 35.5. The van der Waals surface area contributed by atoms with E-state index in [1.807, 2.05) is 13.8 Å². The van der Waals surface area contributed by atoms with E-state index in [0.29, 0.717) is 12.0 Å². The molecule has 4 nitrogen and oxygen atoms in total. The Balaban J connectivity index is 0.00000162. The fourth-order valence-corrected chi connectivity index (χ4v) is 2.30. The van der Waals surface area contributed by atoms with Crippen LogP contribution in [0.25, 0.3) is 0 Å². The first-order valence-electron chi connectivity index (χ1n) is 6.73. The molecule has 1 amide bonds. The largest absolute Gasteiger partial charge is 0.381 e. The maximum Gasteiger partial charge on any atom is 0.227 e. The molecule has 2 aliphatic rings. The molecule has 1 saturated heterocycles. The molecule has 0 aromatic rings. The second-order valence-electron chi connectivity index (χ2n) is 5.60. The minimum absolute atomic E-state index is 0. The number of carbonyl (C=O) groups excluding carboxylic acids is 1. The van der Waals surface area contributed by atoms with Crippen LogP contribution in [0.2, 0.25) is 0 Å². The van der Waals surface area contributed by atoms with Crippen LogP contribution in [-0.2, 0) is 9.53 Å². The van der Waals surface area contributed by atoms with E-state index in [-0.39, 0.29) is 30.3 Å². The second-order valence-corrected chi connectivity index (χ2v) is 5.60. The summed E-state index contributed by atoms with van der Waals surface area (Å²) in [4.78, 5) is 14.4. The third kappa shape index (κ3) is 3.84. The number of rotatable bonds is 5. The summed E-state index contributed by atoms with van der Waals surface area (Å²) in [6.45, 7) is 6.36. The summed E-state index contributed by atoms with van der Waals surface area (Å²) in [7, 11) is 0. The molecule has 0 aromatic carbocycles. The van der Waals surface area contributed by atoms with E-state index in [0.717, 1.165) is 39.0 Å². The Bertz CT molecular complexity index is 276. The number of halogens is 1. The average Bonchev–Trinajstić information content (AvgIpc) is 3.01. The van der Waals surface area contributed by atoms with Crippen molar-refractivity contribution in [1.82, 2.24) is 4.90 Å². The smallest absolute Gasteiger partial charge is 0.227 e. The molecule has 1 aliphatic carbocycles. The van der Waals surface area contributed by atoms with Crippen LogP contribution in [-0.4, -0.2) is 42.6 Å². The third-order valence-corrected chi connectivity index (χ3v) is 3.93. The van der Waals surface area contributed by atoms with Crippen molar-refractivity contribution in [1.29, 1.82) is 0 Å². The van der Waals surface area contributed by atoms with E-state index >= 15 is 0 Å². The molecule has 2 fully saturated rings. The van der Waals surface area contributed by atoms with Crippen LogP contribution < -0.4 is 5.73 Å². The van der Waals surface area contributed by atoms with Crippen molar-refractivity contribution in [2.75, 3.05) is 19.8 Å². The van der Waals surface area contributed by atoms with Gasteiger partial charge in [-0.2, -0.15) is 0 Å². The van der Waals surface area contributed by atoms with Crippen molar-refractivity contribution in [2.24, 2.45) is 17.6 Å². The predicted octanol–water partition coefficient (Wildman–Crippen LogP) is 1.42. The Morgan fingerprint density at radius 2 is 2.06 bits per heavy atom. The number of ether oxygens (including phenoxy) is 1. The van der Waals surface area contributed by atoms with Crippen LogP contribution in [0.15, 0.2) is 0 Å². The fourth-order valence-electron chi connectivity index (χ4n) is 2.30. The third-order valence-electron chi connectivity index (χ3n) is 3.93. The van der Waals surface area contributed by atoms with Crippen LogP contribution in [0, 0.1) is 11.8 Å². The molecule has 5 heteroatoms. The Kier molecular flexibility index (Phi) is 5.89. The van der Waals surface area contributed by atoms with E-state index < -0.39 is 0 Å². The topological polar surface area (TPSA) is 55.6 Å². The zero-order valence-corrected chi connectivity index (χ0v) is 12.1. The van der Waals surface area contributed by atoms with E-state index in [9.17, 15) is 4.79 Å². The average molecular weight is 277 g/mol. The maximum atomic E-state index is 12.4. The van der Waals surface area contributed by atoms with Gasteiger partial charge in [-0.1, -0.05) is 6.92 Å². The van der Waals surface area contributed by atoms with Gasteiger partial charge in [-0.3, -0.25) is 4.79 Å². The quantitative estimate of drug-likeness (QED) is 0.826. The van der Waals surface area contributed by atoms with Crippen molar-refractivity contribution < 1.29 is 9.53 Å². The number of nitrogens with two attached hydrogens (primary N) is 1. The molecular formula is C13H25ClN2O2. The molecule has 106 valence electrons. The summed E-state index contributed by atoms with van der Waals surface area (Å²) < 4.78 is 5.38. The minimum Gasteiger partial charge on any atom is -0.381 e. The lowest BCUT2D eigenvalue weighted by molar-refractivity contribution is -0.136. The van der Waals surface area contributed by atoms with Crippen molar-refractivity contribution in [3.8, 4) is 0 Å². The van der Waals surface area contributed by atoms with Gasteiger partial charge in [-0.25, -0.2) is 0 Å². The summed E-state index contributed by atoms with van der Waals surface area (Å²) in [5, 5.41) is 0. The molecule has 18 heavy (non-hydrogen) atoms. The van der Waals surface area contributed by atoms with Crippen LogP contribution >= 0.6 is 12.4 Å². The molecule has 2 rings (SSSR count). The molecule has 0 radical (unpaired) electrons. The SMILES string of the molecule is CC(N)C(C)C(=O)N(CC1CCOC1)C1CC1.Cl. The first-order chi connectivity index (χ1) is 8.09. The van der Waals surface area contributed by atoms with E-state index in [4.69, 9.17) is 10.5 Å². The van der Waals surface area contributed by atoms with Gasteiger partial charge in [-0.05, 0) is 26.2 Å². The summed E-state index contributed by atoms with van der Waals surface area (Å²) >= 11 is 0. The molecule has 1 saturated carbocycles. The number of amides is 1. The summed E-state index contributed by atoms with van der Waals surface area (Å²) in [5.74, 6) is 0.687. The first-order valence-corrected chi connectivity index (χ1v) is 6.73. The highest BCUT2D eigenvalue weighted by Crippen LogP contribution is 2.30. The lowest BCUT2D eigenvalue weighted by Crippen LogP contribution is -2.45. The molecule has 0 spiro atoms. The van der Waals surface area contributed by atoms with E-state index in [1.54, 1.807) is 0 Å². The highest BCUT2D eigenvalue weighted by molar-refractivity contribution is 5.85. The van der Waals surface area contributed by atoms with Gasteiger partial charge in [0.15, 0.2) is 0 Å². The minimum atomic E-state index is -0.0714. The van der Waals surface area contributed by atoms with Gasteiger partial charge < -0.3 is 15.4 Å². The lowest BCUT2D eigenvalue weighted by atomic mass is 10.0. The lowest BCUT2D eigenvalue weighted by Gasteiger charge is -2.29. The van der Waals surface area contributed by atoms with E-state index in [1.165, 1.54) is 0 Å². The molecule has 1 heterocycles. The van der Waals surface area contributed by atoms with Gasteiger partial charge in [0.25, 0.3) is 0 Å². The molecule has 3 atom stereocenters. The molecular weight excluding hydrogens is 252 g/mol. The first kappa shape index (κ1) is 15.7. The Hall–Kier alpha value is -0.320. The van der Waals surface area contributed by atoms with Gasteiger partial charge >= 0.3 is 0 Å². The van der Waals surface area contributed by atoms with Gasteiger partial charge in [0.2, 0.25) is 5.91 Å².